The summed E-state index contributed by atoms with van der Waals surface area (Å²) in [6, 6.07) is 6.86. The zero-order valence-electron chi connectivity index (χ0n) is 17.0. The molecule has 32 heavy (non-hydrogen) atoms. The van der Waals surface area contributed by atoms with E-state index in [1.54, 1.807) is 36.2 Å². The maximum absolute atomic E-state index is 13.1. The van der Waals surface area contributed by atoms with E-state index >= 15 is 0 Å². The highest BCUT2D eigenvalue weighted by Crippen LogP contribution is 2.31. The van der Waals surface area contributed by atoms with E-state index in [1.165, 1.54) is 27.0 Å². The predicted octanol–water partition coefficient (Wildman–Crippen LogP) is 1.51. The van der Waals surface area contributed by atoms with Gasteiger partial charge in [0.2, 0.25) is 0 Å². The quantitative estimate of drug-likeness (QED) is 0.468. The van der Waals surface area contributed by atoms with Gasteiger partial charge in [-0.2, -0.15) is 4.80 Å². The van der Waals surface area contributed by atoms with Gasteiger partial charge >= 0.3 is 0 Å². The molecule has 0 bridgehead atoms. The van der Waals surface area contributed by atoms with Gasteiger partial charge in [0, 0.05) is 18.6 Å². The Morgan fingerprint density at radius 2 is 2.03 bits per heavy atom. The Labute approximate surface area is 190 Å². The molecule has 1 atom stereocenters. The molecule has 4 heterocycles. The van der Waals surface area contributed by atoms with Gasteiger partial charge in [-0.05, 0) is 34.9 Å². The van der Waals surface area contributed by atoms with E-state index in [0.717, 1.165) is 5.56 Å². The van der Waals surface area contributed by atoms with Gasteiger partial charge in [0.05, 0.1) is 29.7 Å². The van der Waals surface area contributed by atoms with Crippen molar-refractivity contribution in [2.75, 3.05) is 13.6 Å². The highest BCUT2D eigenvalue weighted by molar-refractivity contribution is 7.20. The van der Waals surface area contributed by atoms with Gasteiger partial charge < -0.3 is 10.0 Å². The van der Waals surface area contributed by atoms with Crippen LogP contribution in [-0.4, -0.2) is 59.3 Å². The van der Waals surface area contributed by atoms with Crippen LogP contribution in [0, 0.1) is 0 Å². The fourth-order valence-electron chi connectivity index (χ4n) is 3.67. The number of amides is 1. The molecule has 4 aromatic rings. The van der Waals surface area contributed by atoms with Crippen LogP contribution in [-0.2, 0) is 19.5 Å². The van der Waals surface area contributed by atoms with Crippen molar-refractivity contribution in [2.45, 2.75) is 25.6 Å². The van der Waals surface area contributed by atoms with Gasteiger partial charge in [0.1, 0.15) is 10.9 Å². The van der Waals surface area contributed by atoms with Crippen LogP contribution in [0.1, 0.15) is 32.7 Å². The normalized spacial score (nSPS) is 14.7. The van der Waals surface area contributed by atoms with E-state index in [9.17, 15) is 14.7 Å². The van der Waals surface area contributed by atoms with Crippen molar-refractivity contribution in [3.63, 3.8) is 0 Å². The fourth-order valence-corrected chi connectivity index (χ4v) is 4.98. The van der Waals surface area contributed by atoms with E-state index in [0.29, 0.717) is 44.5 Å². The molecule has 0 spiro atoms. The van der Waals surface area contributed by atoms with Crippen LogP contribution in [0.4, 0.5) is 0 Å². The zero-order chi connectivity index (χ0) is 22.4. The summed E-state index contributed by atoms with van der Waals surface area (Å²) in [6.07, 6.45) is 1.22. The van der Waals surface area contributed by atoms with Crippen LogP contribution in [0.5, 0.6) is 0 Å². The van der Waals surface area contributed by atoms with E-state index < -0.39 is 6.10 Å². The molecule has 10 nitrogen and oxygen atoms in total. The van der Waals surface area contributed by atoms with Gasteiger partial charge in [-0.1, -0.05) is 23.7 Å². The van der Waals surface area contributed by atoms with Crippen LogP contribution >= 0.6 is 22.9 Å². The molecular formula is C20H18ClN7O3S. The van der Waals surface area contributed by atoms with E-state index in [4.69, 9.17) is 11.6 Å². The standard InChI is InChI=1S/C20H18ClN7O3S/c1-26-7-6-13-16-18(32-17(13)20(26)31)22-10-27(19(16)30)9-15-23-25-28(24-15)8-14(29)11-2-4-12(21)5-3-11/h2-5,10,14,29H,6-9H2,1H3/t14-/m0/s1. The number of hydrogen-bond donors (Lipinski definition) is 1. The van der Waals surface area contributed by atoms with Crippen molar-refractivity contribution in [1.29, 1.82) is 0 Å². The third-order valence-electron chi connectivity index (χ3n) is 5.41. The number of aliphatic hydroxyl groups excluding tert-OH is 1. The lowest BCUT2D eigenvalue weighted by Gasteiger charge is -2.21. The molecule has 3 aromatic heterocycles. The highest BCUT2D eigenvalue weighted by Gasteiger charge is 2.28. The minimum absolute atomic E-state index is 0.0796. The second kappa shape index (κ2) is 8.08. The molecule has 0 saturated heterocycles. The number of thiophene rings is 1. The molecular weight excluding hydrogens is 454 g/mol. The molecule has 1 aliphatic heterocycles. The summed E-state index contributed by atoms with van der Waals surface area (Å²) in [6.45, 7) is 0.754. The van der Waals surface area contributed by atoms with Crippen molar-refractivity contribution in [3.05, 3.63) is 67.8 Å². The van der Waals surface area contributed by atoms with Crippen LogP contribution in [0.2, 0.25) is 5.02 Å². The van der Waals surface area contributed by atoms with Gasteiger partial charge in [0.15, 0.2) is 5.82 Å². The Hall–Kier alpha value is -3.15. The Morgan fingerprint density at radius 3 is 2.81 bits per heavy atom. The number of hydrogen-bond acceptors (Lipinski definition) is 8. The maximum atomic E-state index is 13.1. The summed E-state index contributed by atoms with van der Waals surface area (Å²) < 4.78 is 1.41. The molecule has 0 aliphatic carbocycles. The molecule has 1 aliphatic rings. The van der Waals surface area contributed by atoms with Crippen LogP contribution in [0.3, 0.4) is 0 Å². The molecule has 164 valence electrons. The predicted molar refractivity (Wildman–Crippen MR) is 118 cm³/mol. The average Bonchev–Trinajstić information content (AvgIpc) is 3.38. The molecule has 1 amide bonds. The molecule has 5 rings (SSSR count). The smallest absolute Gasteiger partial charge is 0.264 e. The Bertz CT molecular complexity index is 1380. The minimum Gasteiger partial charge on any atom is -0.386 e. The monoisotopic (exact) mass is 471 g/mol. The summed E-state index contributed by atoms with van der Waals surface area (Å²) in [5.41, 5.74) is 1.21. The first-order valence-electron chi connectivity index (χ1n) is 9.87. The van der Waals surface area contributed by atoms with Crippen LogP contribution in [0.25, 0.3) is 10.2 Å². The zero-order valence-corrected chi connectivity index (χ0v) is 18.5. The summed E-state index contributed by atoms with van der Waals surface area (Å²) in [5.74, 6) is 0.237. The lowest BCUT2D eigenvalue weighted by atomic mass is 10.1. The van der Waals surface area contributed by atoms with Crippen molar-refractivity contribution >= 4 is 39.1 Å². The number of carbonyl (C=O) groups excluding carboxylic acids is 1. The number of rotatable bonds is 5. The summed E-state index contributed by atoms with van der Waals surface area (Å²) >= 11 is 7.13. The lowest BCUT2D eigenvalue weighted by Crippen LogP contribution is -2.33. The highest BCUT2D eigenvalue weighted by atomic mass is 35.5. The molecule has 0 fully saturated rings. The first-order valence-corrected chi connectivity index (χ1v) is 11.1. The molecule has 1 N–H and O–H groups in total. The summed E-state index contributed by atoms with van der Waals surface area (Å²) in [5, 5.41) is 23.7. The maximum Gasteiger partial charge on any atom is 0.264 e. The van der Waals surface area contributed by atoms with Crippen LogP contribution in [0.15, 0.2) is 35.4 Å². The van der Waals surface area contributed by atoms with Crippen molar-refractivity contribution in [2.24, 2.45) is 0 Å². The van der Waals surface area contributed by atoms with Crippen molar-refractivity contribution in [1.82, 2.24) is 34.7 Å². The molecule has 1 aromatic carbocycles. The van der Waals surface area contributed by atoms with Gasteiger partial charge in [0.25, 0.3) is 11.5 Å². The number of likely N-dealkylation sites (N-methyl/N-ethyl adjacent to an activating group) is 1. The molecule has 0 saturated carbocycles. The summed E-state index contributed by atoms with van der Waals surface area (Å²) in [7, 11) is 1.75. The second-order valence-corrected chi connectivity index (χ2v) is 9.01. The van der Waals surface area contributed by atoms with E-state index in [1.807, 2.05) is 0 Å². The number of benzene rings is 1. The molecule has 0 radical (unpaired) electrons. The SMILES string of the molecule is CN1CCc2c(sc3ncn(Cc4nnn(C[C@H](O)c5ccc(Cl)cc5)n4)c(=O)c23)C1=O. The topological polar surface area (TPSA) is 119 Å². The number of aliphatic hydroxyl groups is 1. The number of fused-ring (bicyclic) bond motifs is 3. The van der Waals surface area contributed by atoms with Gasteiger partial charge in [-0.3, -0.25) is 14.2 Å². The van der Waals surface area contributed by atoms with Crippen molar-refractivity contribution in [3.8, 4) is 0 Å². The van der Waals surface area contributed by atoms with Gasteiger partial charge in [-0.25, -0.2) is 4.98 Å². The average molecular weight is 472 g/mol. The first-order chi connectivity index (χ1) is 15.4. The molecule has 0 unspecified atom stereocenters. The Balaban J connectivity index is 1.38. The number of nitrogens with zero attached hydrogens (tertiary/aromatic N) is 7. The molecule has 12 heteroatoms. The minimum atomic E-state index is -0.831. The summed E-state index contributed by atoms with van der Waals surface area (Å²) in [4.78, 5) is 34.0. The first kappa shape index (κ1) is 20.7. The third kappa shape index (κ3) is 3.68. The van der Waals surface area contributed by atoms with E-state index in [-0.39, 0.29) is 24.6 Å². The number of tetrazole rings is 1. The van der Waals surface area contributed by atoms with Crippen LogP contribution < -0.4 is 5.56 Å². The van der Waals surface area contributed by atoms with Crippen molar-refractivity contribution < 1.29 is 9.90 Å². The van der Waals surface area contributed by atoms with E-state index in [2.05, 4.69) is 20.4 Å². The Morgan fingerprint density at radius 1 is 1.25 bits per heavy atom. The second-order valence-electron chi connectivity index (χ2n) is 7.57. The number of aromatic nitrogens is 6. The lowest BCUT2D eigenvalue weighted by molar-refractivity contribution is 0.0787. The fraction of sp³-hybridized carbons (Fsp3) is 0.300. The van der Waals surface area contributed by atoms with Gasteiger partial charge in [-0.15, -0.1) is 21.5 Å². The largest absolute Gasteiger partial charge is 0.386 e. The third-order valence-corrected chi connectivity index (χ3v) is 6.79. The number of carbonyl (C=O) groups is 1. The Kier molecular flexibility index (Phi) is 5.24. The number of halogens is 1.